The fourth-order valence-corrected chi connectivity index (χ4v) is 1.80. The Morgan fingerprint density at radius 3 is 3.14 bits per heavy atom. The molecule has 0 atom stereocenters. The van der Waals surface area contributed by atoms with E-state index in [1.54, 1.807) is 0 Å². The topological polar surface area (TPSA) is 38.3 Å². The molecule has 1 aliphatic heterocycles. The molecule has 1 N–H and O–H groups in total. The summed E-state index contributed by atoms with van der Waals surface area (Å²) in [6.07, 6.45) is 0.376. The van der Waals surface area contributed by atoms with Crippen LogP contribution in [0.5, 0.6) is 0 Å². The third-order valence-corrected chi connectivity index (χ3v) is 2.55. The number of carbonyl (C=O) groups excluding carboxylic acids is 1. The highest BCUT2D eigenvalue weighted by Crippen LogP contribution is 2.20. The molecule has 1 aromatic carbocycles. The van der Waals surface area contributed by atoms with Crippen molar-refractivity contribution in [1.29, 1.82) is 0 Å². The Bertz CT molecular complexity index is 360. The van der Waals surface area contributed by atoms with Crippen LogP contribution in [0.4, 0.5) is 0 Å². The van der Waals surface area contributed by atoms with Crippen molar-refractivity contribution in [1.82, 2.24) is 5.32 Å². The molecule has 2 rings (SSSR count). The molecule has 14 heavy (non-hydrogen) atoms. The molecule has 3 nitrogen and oxygen atoms in total. The van der Waals surface area contributed by atoms with Crippen LogP contribution in [0.3, 0.4) is 0 Å². The lowest BCUT2D eigenvalue weighted by molar-refractivity contribution is -0.139. The predicted molar refractivity (Wildman–Crippen MR) is 52.7 cm³/mol. The maximum absolute atomic E-state index is 11.1. The molecule has 0 aromatic heterocycles. The smallest absolute Gasteiger partial charge is 0.309 e. The highest BCUT2D eigenvalue weighted by molar-refractivity contribution is 5.73. The van der Waals surface area contributed by atoms with Crippen molar-refractivity contribution in [2.45, 2.75) is 19.5 Å². The summed E-state index contributed by atoms with van der Waals surface area (Å²) in [7, 11) is 1.42. The van der Waals surface area contributed by atoms with Gasteiger partial charge in [-0.15, -0.1) is 0 Å². The van der Waals surface area contributed by atoms with Crippen LogP contribution < -0.4 is 5.32 Å². The lowest BCUT2D eigenvalue weighted by atomic mass is 10.0. The summed E-state index contributed by atoms with van der Waals surface area (Å²) in [5, 5.41) is 3.27. The number of esters is 1. The van der Waals surface area contributed by atoms with Gasteiger partial charge in [-0.3, -0.25) is 4.79 Å². The molecule has 0 radical (unpaired) electrons. The highest BCUT2D eigenvalue weighted by atomic mass is 16.5. The number of hydrogen-bond donors (Lipinski definition) is 1. The second kappa shape index (κ2) is 3.80. The Hall–Kier alpha value is -1.35. The summed E-state index contributed by atoms with van der Waals surface area (Å²) in [4.78, 5) is 11.1. The number of fused-ring (bicyclic) bond motifs is 1. The zero-order chi connectivity index (χ0) is 9.97. The van der Waals surface area contributed by atoms with Crippen LogP contribution in [0.2, 0.25) is 0 Å². The zero-order valence-electron chi connectivity index (χ0n) is 8.17. The minimum atomic E-state index is -0.176. The quantitative estimate of drug-likeness (QED) is 0.709. The van der Waals surface area contributed by atoms with Crippen molar-refractivity contribution in [3.63, 3.8) is 0 Å². The van der Waals surface area contributed by atoms with E-state index in [2.05, 4.69) is 16.1 Å². The van der Waals surface area contributed by atoms with Gasteiger partial charge >= 0.3 is 5.97 Å². The average molecular weight is 191 g/mol. The first kappa shape index (κ1) is 9.21. The van der Waals surface area contributed by atoms with Gasteiger partial charge in [0.15, 0.2) is 0 Å². The Labute approximate surface area is 83.1 Å². The number of carbonyl (C=O) groups is 1. The summed E-state index contributed by atoms with van der Waals surface area (Å²) in [5.41, 5.74) is 3.64. The normalized spacial score (nSPS) is 13.8. The van der Waals surface area contributed by atoms with Crippen molar-refractivity contribution in [2.24, 2.45) is 0 Å². The summed E-state index contributed by atoms with van der Waals surface area (Å²) >= 11 is 0. The van der Waals surface area contributed by atoms with Gasteiger partial charge in [-0.2, -0.15) is 0 Å². The minimum Gasteiger partial charge on any atom is -0.469 e. The lowest BCUT2D eigenvalue weighted by Crippen LogP contribution is -2.07. The van der Waals surface area contributed by atoms with Crippen LogP contribution in [0.25, 0.3) is 0 Å². The van der Waals surface area contributed by atoms with Gasteiger partial charge in [-0.05, 0) is 16.7 Å². The van der Waals surface area contributed by atoms with Crippen molar-refractivity contribution < 1.29 is 9.53 Å². The molecule has 0 unspecified atom stereocenters. The predicted octanol–water partition coefficient (Wildman–Crippen LogP) is 1.01. The Morgan fingerprint density at radius 1 is 1.50 bits per heavy atom. The maximum Gasteiger partial charge on any atom is 0.309 e. The van der Waals surface area contributed by atoms with Gasteiger partial charge in [0.1, 0.15) is 0 Å². The largest absolute Gasteiger partial charge is 0.469 e. The van der Waals surface area contributed by atoms with Gasteiger partial charge in [-0.25, -0.2) is 0 Å². The first-order valence-electron chi connectivity index (χ1n) is 4.68. The Balaban J connectivity index is 2.26. The number of hydrogen-bond acceptors (Lipinski definition) is 3. The number of nitrogens with one attached hydrogen (secondary N) is 1. The molecule has 74 valence electrons. The fourth-order valence-electron chi connectivity index (χ4n) is 1.80. The second-order valence-corrected chi connectivity index (χ2v) is 3.41. The first-order chi connectivity index (χ1) is 6.81. The van der Waals surface area contributed by atoms with E-state index in [-0.39, 0.29) is 5.97 Å². The van der Waals surface area contributed by atoms with E-state index in [1.165, 1.54) is 18.2 Å². The summed E-state index contributed by atoms with van der Waals surface area (Å²) in [6, 6.07) is 6.07. The van der Waals surface area contributed by atoms with Crippen molar-refractivity contribution >= 4 is 5.97 Å². The third kappa shape index (κ3) is 1.63. The highest BCUT2D eigenvalue weighted by Gasteiger charge is 2.15. The van der Waals surface area contributed by atoms with Crippen LogP contribution in [0.15, 0.2) is 18.2 Å². The van der Waals surface area contributed by atoms with Crippen molar-refractivity contribution in [2.75, 3.05) is 7.11 Å². The molecule has 0 fully saturated rings. The maximum atomic E-state index is 11.1. The monoisotopic (exact) mass is 191 g/mol. The number of benzene rings is 1. The molecule has 3 heteroatoms. The van der Waals surface area contributed by atoms with Crippen LogP contribution in [-0.2, 0) is 29.0 Å². The molecule has 1 aliphatic rings. The van der Waals surface area contributed by atoms with Gasteiger partial charge in [0.2, 0.25) is 0 Å². The lowest BCUT2D eigenvalue weighted by Gasteiger charge is -2.05. The molecule has 0 amide bonds. The fraction of sp³-hybridized carbons (Fsp3) is 0.364. The van der Waals surface area contributed by atoms with Crippen LogP contribution in [0, 0.1) is 0 Å². The van der Waals surface area contributed by atoms with Gasteiger partial charge in [0.25, 0.3) is 0 Å². The number of methoxy groups -OCH3 is 1. The summed E-state index contributed by atoms with van der Waals surface area (Å²) in [6.45, 7) is 1.77. The molecule has 0 aliphatic carbocycles. The SMILES string of the molecule is COC(=O)Cc1cccc2c1CNC2. The van der Waals surface area contributed by atoms with Crippen LogP contribution in [0.1, 0.15) is 16.7 Å². The number of rotatable bonds is 2. The number of ether oxygens (including phenoxy) is 1. The molecule has 0 saturated heterocycles. The van der Waals surface area contributed by atoms with Gasteiger partial charge in [0, 0.05) is 13.1 Å². The molecule has 0 saturated carbocycles. The third-order valence-electron chi connectivity index (χ3n) is 2.55. The molecule has 0 bridgehead atoms. The van der Waals surface area contributed by atoms with E-state index >= 15 is 0 Å². The molecule has 0 spiro atoms. The van der Waals surface area contributed by atoms with Crippen molar-refractivity contribution in [3.8, 4) is 0 Å². The van der Waals surface area contributed by atoms with E-state index in [9.17, 15) is 4.79 Å². The Kier molecular flexibility index (Phi) is 2.50. The van der Waals surface area contributed by atoms with Gasteiger partial charge < -0.3 is 10.1 Å². The first-order valence-corrected chi connectivity index (χ1v) is 4.68. The standard InChI is InChI=1S/C11H13NO2/c1-14-11(13)5-8-3-2-4-9-6-12-7-10(8)9/h2-4,12H,5-7H2,1H3. The van der Waals surface area contributed by atoms with E-state index in [0.29, 0.717) is 6.42 Å². The molecular weight excluding hydrogens is 178 g/mol. The Morgan fingerprint density at radius 2 is 2.36 bits per heavy atom. The zero-order valence-corrected chi connectivity index (χ0v) is 8.17. The second-order valence-electron chi connectivity index (χ2n) is 3.41. The van der Waals surface area contributed by atoms with E-state index in [0.717, 1.165) is 18.7 Å². The van der Waals surface area contributed by atoms with Gasteiger partial charge in [0.05, 0.1) is 13.5 Å². The molecule has 1 aromatic rings. The molecule has 1 heterocycles. The minimum absolute atomic E-state index is 0.176. The molecular formula is C11H13NO2. The van der Waals surface area contributed by atoms with Crippen LogP contribution in [-0.4, -0.2) is 13.1 Å². The summed E-state index contributed by atoms with van der Waals surface area (Å²) < 4.78 is 4.65. The van der Waals surface area contributed by atoms with E-state index in [4.69, 9.17) is 0 Å². The van der Waals surface area contributed by atoms with E-state index in [1.807, 2.05) is 12.1 Å². The average Bonchev–Trinajstić information content (AvgIpc) is 2.66. The summed E-state index contributed by atoms with van der Waals surface area (Å²) in [5.74, 6) is -0.176. The van der Waals surface area contributed by atoms with Gasteiger partial charge in [-0.1, -0.05) is 18.2 Å². The van der Waals surface area contributed by atoms with E-state index < -0.39 is 0 Å². The van der Waals surface area contributed by atoms with Crippen LogP contribution >= 0.6 is 0 Å². The van der Waals surface area contributed by atoms with Crippen molar-refractivity contribution in [3.05, 3.63) is 34.9 Å².